The number of carbonyl (C=O) groups is 10. The average Bonchev–Trinajstić information content (AvgIpc) is 4.02. The van der Waals surface area contributed by atoms with E-state index in [-0.39, 0.29) is 89.0 Å². The number of amides is 8. The number of rotatable bonds is 28. The van der Waals surface area contributed by atoms with Gasteiger partial charge >= 0.3 is 18.1 Å². The average molecular weight is 1080 g/mol. The Morgan fingerprint density at radius 3 is 1.44 bits per heavy atom. The lowest BCUT2D eigenvalue weighted by atomic mass is 10.1. The minimum atomic E-state index is -5.08. The number of nitrogens with zero attached hydrogens (tertiary/aromatic N) is 5. The lowest BCUT2D eigenvalue weighted by Gasteiger charge is -2.31. The molecule has 0 bridgehead atoms. The first-order valence-electron chi connectivity index (χ1n) is 23.5. The number of alkyl halides is 3. The Morgan fingerprint density at radius 1 is 0.600 bits per heavy atom. The van der Waals surface area contributed by atoms with Crippen molar-refractivity contribution in [2.45, 2.75) is 133 Å². The summed E-state index contributed by atoms with van der Waals surface area (Å²) in [6.45, 7) is 2.09. The second kappa shape index (κ2) is 32.4. The smallest absolute Gasteiger partial charge is 0.480 e. The van der Waals surface area contributed by atoms with Gasteiger partial charge in [0.2, 0.25) is 47.3 Å². The van der Waals surface area contributed by atoms with E-state index in [9.17, 15) is 66.5 Å². The molecule has 8 amide bonds. The maximum absolute atomic E-state index is 13.9. The molecule has 0 saturated carbocycles. The van der Waals surface area contributed by atoms with Gasteiger partial charge in [-0.05, 0) is 78.1 Å². The normalized spacial score (nSPS) is 17.3. The SMILES string of the molecule is C[C@H](N)C(=O)N1CCC[C@H]1C(=O)N[C@@H](CCCN=C(N)N)C(=O)N[C@H](C(=O)N1CCC[C@H]1C(=O)NCC(=O)NCC(=O)N[C@@H](CCCN=C(N)N)C(=O)N[C@@H](CCCN=C(N)N)C(=O)O)[C@@H](C)O.O=C(O)C(F)(F)F. The Morgan fingerprint density at radius 2 is 1.01 bits per heavy atom. The molecular formula is C41H71F3N18O13. The van der Waals surface area contributed by atoms with Crippen molar-refractivity contribution in [2.75, 3.05) is 45.8 Å². The van der Waals surface area contributed by atoms with Crippen molar-refractivity contribution in [3.8, 4) is 0 Å². The fraction of sp³-hybridized carbons (Fsp3) is 0.683. The summed E-state index contributed by atoms with van der Waals surface area (Å²) >= 11 is 0. The number of carboxylic acid groups (broad SMARTS) is 2. The summed E-state index contributed by atoms with van der Waals surface area (Å²) in [5.41, 5.74) is 37.9. The van der Waals surface area contributed by atoms with Gasteiger partial charge in [0.1, 0.15) is 36.3 Å². The van der Waals surface area contributed by atoms with Crippen molar-refractivity contribution in [3.63, 3.8) is 0 Å². The third-order valence-corrected chi connectivity index (χ3v) is 11.0. The van der Waals surface area contributed by atoms with Crippen LogP contribution in [0.4, 0.5) is 13.2 Å². The molecule has 2 rings (SSSR count). The van der Waals surface area contributed by atoms with Gasteiger partial charge in [-0.2, -0.15) is 13.2 Å². The van der Waals surface area contributed by atoms with Gasteiger partial charge in [0.15, 0.2) is 17.9 Å². The van der Waals surface area contributed by atoms with E-state index in [1.807, 2.05) is 0 Å². The summed E-state index contributed by atoms with van der Waals surface area (Å²) in [6.07, 6.45) is -4.65. The predicted molar refractivity (Wildman–Crippen MR) is 260 cm³/mol. The van der Waals surface area contributed by atoms with Crippen LogP contribution in [-0.4, -0.2) is 203 Å². The fourth-order valence-corrected chi connectivity index (χ4v) is 7.31. The van der Waals surface area contributed by atoms with Crippen LogP contribution in [0.3, 0.4) is 0 Å². The molecule has 2 saturated heterocycles. The van der Waals surface area contributed by atoms with E-state index in [1.54, 1.807) is 0 Å². The molecule has 424 valence electrons. The summed E-state index contributed by atoms with van der Waals surface area (Å²) in [7, 11) is 0. The summed E-state index contributed by atoms with van der Waals surface area (Å²) in [6, 6.07) is -8.35. The molecule has 2 fully saturated rings. The first kappa shape index (κ1) is 65.2. The van der Waals surface area contributed by atoms with Gasteiger partial charge in [0, 0.05) is 32.7 Å². The number of carboxylic acids is 2. The second-order valence-electron chi connectivity index (χ2n) is 17.1. The first-order valence-corrected chi connectivity index (χ1v) is 23.5. The molecule has 23 N–H and O–H groups in total. The summed E-state index contributed by atoms with van der Waals surface area (Å²) in [5.74, 6) is -10.6. The molecule has 2 heterocycles. The van der Waals surface area contributed by atoms with E-state index < -0.39 is 127 Å². The number of nitrogens with one attached hydrogen (secondary N) is 6. The van der Waals surface area contributed by atoms with Crippen molar-refractivity contribution < 1.29 is 76.4 Å². The number of aliphatic hydroxyl groups is 1. The van der Waals surface area contributed by atoms with Crippen LogP contribution in [0, 0.1) is 0 Å². The van der Waals surface area contributed by atoms with E-state index >= 15 is 0 Å². The summed E-state index contributed by atoms with van der Waals surface area (Å²) in [4.78, 5) is 141. The Kier molecular flexibility index (Phi) is 28.2. The maximum atomic E-state index is 13.9. The number of nitrogens with two attached hydrogens (primary N) is 7. The van der Waals surface area contributed by atoms with Crippen molar-refractivity contribution in [1.82, 2.24) is 41.7 Å². The molecule has 2 aliphatic heterocycles. The Hall–Kier alpha value is -7.78. The monoisotopic (exact) mass is 1080 g/mol. The molecule has 0 radical (unpaired) electrons. The molecule has 0 aliphatic carbocycles. The molecule has 0 spiro atoms. The lowest BCUT2D eigenvalue weighted by molar-refractivity contribution is -0.192. The summed E-state index contributed by atoms with van der Waals surface area (Å²) < 4.78 is 31.7. The van der Waals surface area contributed by atoms with Crippen LogP contribution in [0.15, 0.2) is 15.0 Å². The Labute approximate surface area is 428 Å². The largest absolute Gasteiger partial charge is 0.490 e. The van der Waals surface area contributed by atoms with Crippen LogP contribution in [0.1, 0.15) is 78.1 Å². The number of halogens is 3. The van der Waals surface area contributed by atoms with Crippen molar-refractivity contribution in [1.29, 1.82) is 0 Å². The molecule has 0 aromatic rings. The highest BCUT2D eigenvalue weighted by atomic mass is 19.4. The zero-order valence-electron chi connectivity index (χ0n) is 41.5. The van der Waals surface area contributed by atoms with Gasteiger partial charge in [0.25, 0.3) is 0 Å². The van der Waals surface area contributed by atoms with Crippen molar-refractivity contribution >= 4 is 77.1 Å². The van der Waals surface area contributed by atoms with E-state index in [0.717, 1.165) is 4.90 Å². The molecule has 8 atom stereocenters. The van der Waals surface area contributed by atoms with E-state index in [0.29, 0.717) is 25.8 Å². The number of carbonyl (C=O) groups excluding carboxylic acids is 8. The third kappa shape index (κ3) is 24.7. The van der Waals surface area contributed by atoms with Crippen LogP contribution in [0.25, 0.3) is 0 Å². The number of aliphatic carboxylic acids is 2. The number of guanidine groups is 3. The zero-order chi connectivity index (χ0) is 57.2. The van der Waals surface area contributed by atoms with Crippen LogP contribution in [0.5, 0.6) is 0 Å². The number of hydrogen-bond donors (Lipinski definition) is 16. The molecule has 0 unspecified atom stereocenters. The highest BCUT2D eigenvalue weighted by Crippen LogP contribution is 2.21. The van der Waals surface area contributed by atoms with Gasteiger partial charge in [-0.15, -0.1) is 0 Å². The number of aliphatic hydroxyl groups excluding tert-OH is 1. The molecule has 34 heteroatoms. The minimum absolute atomic E-state index is 0.00499. The lowest BCUT2D eigenvalue weighted by Crippen LogP contribution is -2.60. The zero-order valence-corrected chi connectivity index (χ0v) is 41.5. The molecule has 75 heavy (non-hydrogen) atoms. The van der Waals surface area contributed by atoms with Gasteiger partial charge < -0.3 is 97.2 Å². The number of hydrogen-bond acceptors (Lipinski definition) is 15. The molecular weight excluding hydrogens is 1010 g/mol. The van der Waals surface area contributed by atoms with Crippen LogP contribution in [0.2, 0.25) is 0 Å². The topological polar surface area (TPSA) is 529 Å². The second-order valence-corrected chi connectivity index (χ2v) is 17.1. The number of likely N-dealkylation sites (tertiary alicyclic amines) is 2. The molecule has 0 aromatic carbocycles. The van der Waals surface area contributed by atoms with E-state index in [4.69, 9.17) is 50.0 Å². The van der Waals surface area contributed by atoms with Crippen LogP contribution in [-0.2, 0) is 47.9 Å². The van der Waals surface area contributed by atoms with Gasteiger partial charge in [-0.1, -0.05) is 0 Å². The summed E-state index contributed by atoms with van der Waals surface area (Å²) in [5, 5.41) is 42.2. The standard InChI is InChI=1S/C39H70N18O11.C2HF3O2/c1-20(40)34(65)56-16-7-12-26(56)33(64)53-23(9-4-14-48-38(43)44)31(62)55-29(21(2)58)35(66)57-17-6-11-25(57)32(63)51-18-27(59)50-19-28(60)52-22(8-3-13-47-37(41)42)30(61)54-24(36(67)68)10-5-15-49-39(45)46;3-2(4,5)1(6)7/h20-26,29,58H,3-19,40H2,1-2H3,(H,50,59)(H,51,63)(H,52,60)(H,53,64)(H,54,61)(H,55,62)(H,67,68)(H4,41,42,47)(H4,43,44,48)(H4,45,46,49);(H,6,7)/t20-,21+,22-,23-,24-,25-,26-,29-;/m0./s1. The van der Waals surface area contributed by atoms with E-state index in [1.165, 1.54) is 18.7 Å². The highest BCUT2D eigenvalue weighted by Gasteiger charge is 2.42. The predicted octanol–water partition coefficient (Wildman–Crippen LogP) is -7.25. The van der Waals surface area contributed by atoms with Gasteiger partial charge in [-0.3, -0.25) is 53.3 Å². The molecule has 0 aromatic heterocycles. The van der Waals surface area contributed by atoms with Gasteiger partial charge in [0.05, 0.1) is 25.2 Å². The first-order chi connectivity index (χ1) is 35.0. The molecule has 31 nitrogen and oxygen atoms in total. The van der Waals surface area contributed by atoms with Crippen LogP contribution < -0.4 is 72.0 Å². The fourth-order valence-electron chi connectivity index (χ4n) is 7.31. The van der Waals surface area contributed by atoms with Crippen LogP contribution >= 0.6 is 0 Å². The van der Waals surface area contributed by atoms with Crippen molar-refractivity contribution in [3.05, 3.63) is 0 Å². The Bertz CT molecular complexity index is 2080. The third-order valence-electron chi connectivity index (χ3n) is 11.0. The van der Waals surface area contributed by atoms with Crippen molar-refractivity contribution in [2.24, 2.45) is 55.1 Å². The van der Waals surface area contributed by atoms with E-state index in [2.05, 4.69) is 46.9 Å². The minimum Gasteiger partial charge on any atom is -0.480 e. The number of aliphatic imine (C=N–C) groups is 3. The highest BCUT2D eigenvalue weighted by molar-refractivity contribution is 5.97. The molecule has 2 aliphatic rings. The Balaban J connectivity index is 0.00000373. The quantitative estimate of drug-likeness (QED) is 0.0197. The maximum Gasteiger partial charge on any atom is 0.490 e. The van der Waals surface area contributed by atoms with Gasteiger partial charge in [-0.25, -0.2) is 9.59 Å².